The lowest BCUT2D eigenvalue weighted by Crippen LogP contribution is -2.25. The lowest BCUT2D eigenvalue weighted by molar-refractivity contribution is 0.178. The van der Waals surface area contributed by atoms with Crippen LogP contribution in [0.25, 0.3) is 0 Å². The lowest BCUT2D eigenvalue weighted by Gasteiger charge is -2.21. The maximum atomic E-state index is 5.44. The zero-order chi connectivity index (χ0) is 9.97. The third-order valence-corrected chi connectivity index (χ3v) is 4.03. The van der Waals surface area contributed by atoms with E-state index in [0.29, 0.717) is 12.0 Å². The van der Waals surface area contributed by atoms with E-state index < -0.39 is 0 Å². The maximum absolute atomic E-state index is 5.44. The van der Waals surface area contributed by atoms with Gasteiger partial charge in [0.25, 0.3) is 0 Å². The molecule has 14 heavy (non-hydrogen) atoms. The highest BCUT2D eigenvalue weighted by Gasteiger charge is 2.27. The number of hydrogen-bond donors (Lipinski definition) is 1. The van der Waals surface area contributed by atoms with Crippen LogP contribution in [0.5, 0.6) is 0 Å². The molecule has 0 saturated carbocycles. The van der Waals surface area contributed by atoms with E-state index in [9.17, 15) is 0 Å². The Balaban J connectivity index is 2.16. The molecule has 2 heterocycles. The Morgan fingerprint density at radius 1 is 1.64 bits per heavy atom. The normalized spacial score (nSPS) is 24.0. The summed E-state index contributed by atoms with van der Waals surface area (Å²) in [6, 6.07) is 2.68. The van der Waals surface area contributed by atoms with Crippen LogP contribution >= 0.6 is 11.3 Å². The minimum atomic E-state index is 0.484. The number of ether oxygens (including phenoxy) is 1. The van der Waals surface area contributed by atoms with E-state index in [-0.39, 0.29) is 0 Å². The van der Waals surface area contributed by atoms with Gasteiger partial charge in [0.1, 0.15) is 0 Å². The van der Waals surface area contributed by atoms with E-state index in [1.54, 1.807) is 0 Å². The second kappa shape index (κ2) is 4.43. The number of rotatable bonds is 3. The minimum absolute atomic E-state index is 0.484. The average molecular weight is 211 g/mol. The van der Waals surface area contributed by atoms with Crippen molar-refractivity contribution in [1.29, 1.82) is 0 Å². The van der Waals surface area contributed by atoms with Crippen molar-refractivity contribution in [3.05, 3.63) is 21.9 Å². The first-order chi connectivity index (χ1) is 6.83. The Morgan fingerprint density at radius 2 is 2.50 bits per heavy atom. The Bertz CT molecular complexity index is 291. The summed E-state index contributed by atoms with van der Waals surface area (Å²) in [4.78, 5) is 1.48. The molecule has 1 aliphatic rings. The molecule has 2 atom stereocenters. The molecule has 0 spiro atoms. The van der Waals surface area contributed by atoms with Crippen molar-refractivity contribution >= 4 is 11.3 Å². The zero-order valence-corrected chi connectivity index (χ0v) is 9.56. The largest absolute Gasteiger partial charge is 0.381 e. The zero-order valence-electron chi connectivity index (χ0n) is 8.75. The van der Waals surface area contributed by atoms with E-state index in [2.05, 4.69) is 23.7 Å². The quantitative estimate of drug-likeness (QED) is 0.828. The van der Waals surface area contributed by atoms with E-state index in [0.717, 1.165) is 13.2 Å². The highest BCUT2D eigenvalue weighted by Crippen LogP contribution is 2.33. The van der Waals surface area contributed by atoms with Gasteiger partial charge >= 0.3 is 0 Å². The highest BCUT2D eigenvalue weighted by atomic mass is 32.1. The molecule has 0 amide bonds. The molecule has 2 unspecified atom stereocenters. The molecule has 1 aromatic rings. The Kier molecular flexibility index (Phi) is 3.21. The van der Waals surface area contributed by atoms with Crippen molar-refractivity contribution in [2.75, 3.05) is 20.3 Å². The van der Waals surface area contributed by atoms with Crippen LogP contribution in [-0.4, -0.2) is 20.3 Å². The fraction of sp³-hybridized carbons (Fsp3) is 0.636. The van der Waals surface area contributed by atoms with E-state index >= 15 is 0 Å². The molecule has 2 nitrogen and oxygen atoms in total. The molecule has 0 aromatic carbocycles. The van der Waals surface area contributed by atoms with Crippen molar-refractivity contribution in [1.82, 2.24) is 5.32 Å². The predicted molar refractivity (Wildman–Crippen MR) is 59.8 cm³/mol. The highest BCUT2D eigenvalue weighted by molar-refractivity contribution is 7.10. The van der Waals surface area contributed by atoms with Crippen molar-refractivity contribution in [2.45, 2.75) is 19.4 Å². The van der Waals surface area contributed by atoms with Crippen molar-refractivity contribution in [3.8, 4) is 0 Å². The monoisotopic (exact) mass is 211 g/mol. The number of aryl methyl sites for hydroxylation is 1. The average Bonchev–Trinajstić information content (AvgIpc) is 2.80. The summed E-state index contributed by atoms with van der Waals surface area (Å²) in [5.74, 6) is 0.650. The van der Waals surface area contributed by atoms with Gasteiger partial charge in [0, 0.05) is 23.4 Å². The second-order valence-electron chi connectivity index (χ2n) is 3.86. The molecule has 1 aliphatic heterocycles. The van der Waals surface area contributed by atoms with Crippen LogP contribution in [0.2, 0.25) is 0 Å². The summed E-state index contributed by atoms with van der Waals surface area (Å²) in [6.45, 7) is 4.02. The lowest BCUT2D eigenvalue weighted by atomic mass is 9.96. The van der Waals surface area contributed by atoms with Gasteiger partial charge in [-0.3, -0.25) is 0 Å². The first-order valence-corrected chi connectivity index (χ1v) is 6.00. The molecule has 1 N–H and O–H groups in total. The molecule has 0 aliphatic carbocycles. The number of thiophene rings is 1. The molecule has 1 aromatic heterocycles. The summed E-state index contributed by atoms with van der Waals surface area (Å²) in [5, 5.41) is 5.59. The van der Waals surface area contributed by atoms with Crippen molar-refractivity contribution < 1.29 is 4.74 Å². The first-order valence-electron chi connectivity index (χ1n) is 5.12. The van der Waals surface area contributed by atoms with Gasteiger partial charge in [-0.2, -0.15) is 0 Å². The van der Waals surface area contributed by atoms with Gasteiger partial charge in [0.15, 0.2) is 0 Å². The van der Waals surface area contributed by atoms with Gasteiger partial charge in [-0.1, -0.05) is 0 Å². The first kappa shape index (κ1) is 10.1. The van der Waals surface area contributed by atoms with Gasteiger partial charge < -0.3 is 10.1 Å². The molecule has 1 fully saturated rings. The van der Waals surface area contributed by atoms with Crippen LogP contribution in [-0.2, 0) is 4.74 Å². The van der Waals surface area contributed by atoms with Crippen LogP contribution in [0, 0.1) is 12.8 Å². The second-order valence-corrected chi connectivity index (χ2v) is 4.81. The maximum Gasteiger partial charge on any atom is 0.0513 e. The summed E-state index contributed by atoms with van der Waals surface area (Å²) >= 11 is 1.85. The van der Waals surface area contributed by atoms with Gasteiger partial charge in [0.2, 0.25) is 0 Å². The predicted octanol–water partition coefficient (Wildman–Crippen LogP) is 2.35. The van der Waals surface area contributed by atoms with E-state index in [1.165, 1.54) is 16.9 Å². The summed E-state index contributed by atoms with van der Waals surface area (Å²) < 4.78 is 5.44. The molecule has 0 radical (unpaired) electrons. The summed E-state index contributed by atoms with van der Waals surface area (Å²) in [6.07, 6.45) is 1.18. The van der Waals surface area contributed by atoms with Crippen LogP contribution in [0.4, 0.5) is 0 Å². The Hall–Kier alpha value is -0.380. The molecule has 78 valence electrons. The fourth-order valence-electron chi connectivity index (χ4n) is 2.10. The van der Waals surface area contributed by atoms with Crippen molar-refractivity contribution in [3.63, 3.8) is 0 Å². The third kappa shape index (κ3) is 1.85. The smallest absolute Gasteiger partial charge is 0.0513 e. The molecule has 2 rings (SSSR count). The Labute approximate surface area is 89.3 Å². The molecule has 3 heteroatoms. The van der Waals surface area contributed by atoms with Gasteiger partial charge in [-0.25, -0.2) is 0 Å². The standard InChI is InChI=1S/C11H17NOS/c1-8-4-6-14-11(8)10(12-2)9-3-5-13-7-9/h4,6,9-10,12H,3,5,7H2,1-2H3. The number of nitrogens with one attached hydrogen (secondary N) is 1. The van der Waals surface area contributed by atoms with E-state index in [1.807, 2.05) is 18.4 Å². The van der Waals surface area contributed by atoms with Crippen LogP contribution < -0.4 is 5.32 Å². The van der Waals surface area contributed by atoms with Crippen LogP contribution in [0.1, 0.15) is 22.9 Å². The van der Waals surface area contributed by atoms with E-state index in [4.69, 9.17) is 4.74 Å². The molecule has 0 bridgehead atoms. The van der Waals surface area contributed by atoms with Crippen LogP contribution in [0.3, 0.4) is 0 Å². The van der Waals surface area contributed by atoms with Gasteiger partial charge in [-0.05, 0) is 37.4 Å². The van der Waals surface area contributed by atoms with Crippen molar-refractivity contribution in [2.24, 2.45) is 5.92 Å². The van der Waals surface area contributed by atoms with Gasteiger partial charge in [-0.15, -0.1) is 11.3 Å². The summed E-state index contributed by atoms with van der Waals surface area (Å²) in [7, 11) is 2.04. The fourth-order valence-corrected chi connectivity index (χ4v) is 3.23. The van der Waals surface area contributed by atoms with Crippen LogP contribution in [0.15, 0.2) is 11.4 Å². The topological polar surface area (TPSA) is 21.3 Å². The molecular formula is C11H17NOS. The number of hydrogen-bond acceptors (Lipinski definition) is 3. The third-order valence-electron chi connectivity index (χ3n) is 2.93. The Morgan fingerprint density at radius 3 is 3.00 bits per heavy atom. The minimum Gasteiger partial charge on any atom is -0.381 e. The molecule has 1 saturated heterocycles. The van der Waals surface area contributed by atoms with Gasteiger partial charge in [0.05, 0.1) is 6.61 Å². The summed E-state index contributed by atoms with van der Waals surface area (Å²) in [5.41, 5.74) is 1.40. The SMILES string of the molecule is CNC(c1sccc1C)C1CCOC1. The molecular weight excluding hydrogens is 194 g/mol.